The first-order chi connectivity index (χ1) is 12.6. The molecule has 3 rings (SSSR count). The van der Waals surface area contributed by atoms with E-state index in [0.29, 0.717) is 23.9 Å². The molecule has 1 heterocycles. The molecule has 26 heavy (non-hydrogen) atoms. The normalized spacial score (nSPS) is 10.7. The van der Waals surface area contributed by atoms with Crippen LogP contribution in [0.25, 0.3) is 10.8 Å². The van der Waals surface area contributed by atoms with E-state index in [-0.39, 0.29) is 18.0 Å². The van der Waals surface area contributed by atoms with Gasteiger partial charge in [-0.05, 0) is 30.2 Å². The van der Waals surface area contributed by atoms with Crippen molar-refractivity contribution in [3.8, 4) is 5.75 Å². The predicted octanol–water partition coefficient (Wildman–Crippen LogP) is 2.19. The van der Waals surface area contributed by atoms with Gasteiger partial charge in [0.05, 0.1) is 24.7 Å². The zero-order valence-electron chi connectivity index (χ0n) is 14.9. The molecular formula is C20H21N3O3. The molecule has 6 nitrogen and oxygen atoms in total. The van der Waals surface area contributed by atoms with Gasteiger partial charge in [-0.1, -0.05) is 30.3 Å². The molecule has 6 heteroatoms. The number of carbonyl (C=O) groups is 1. The zero-order chi connectivity index (χ0) is 18.5. The average Bonchev–Trinajstić information content (AvgIpc) is 2.68. The molecule has 0 radical (unpaired) electrons. The van der Waals surface area contributed by atoms with E-state index >= 15 is 0 Å². The quantitative estimate of drug-likeness (QED) is 0.739. The van der Waals surface area contributed by atoms with E-state index in [2.05, 4.69) is 10.4 Å². The van der Waals surface area contributed by atoms with Crippen LogP contribution in [-0.2, 0) is 24.8 Å². The minimum Gasteiger partial charge on any atom is -0.497 e. The van der Waals surface area contributed by atoms with E-state index in [1.54, 1.807) is 20.2 Å². The van der Waals surface area contributed by atoms with Gasteiger partial charge < -0.3 is 10.1 Å². The standard InChI is InChI=1S/C20H21N3O3/c1-23-20(25)17-6-4-3-5-16(17)18(22-23)13-21-19(24)12-9-14-7-10-15(26-2)11-8-14/h3-8,10-11H,9,12-13H2,1-2H3,(H,21,24). The fraction of sp³-hybridized carbons (Fsp3) is 0.250. The van der Waals surface area contributed by atoms with Crippen molar-refractivity contribution in [2.45, 2.75) is 19.4 Å². The molecule has 0 spiro atoms. The molecule has 3 aromatic rings. The molecule has 0 fully saturated rings. The highest BCUT2D eigenvalue weighted by Gasteiger charge is 2.10. The number of hydrogen-bond donors (Lipinski definition) is 1. The van der Waals surface area contributed by atoms with Crippen molar-refractivity contribution in [3.05, 3.63) is 70.1 Å². The zero-order valence-corrected chi connectivity index (χ0v) is 14.9. The Kier molecular flexibility index (Phi) is 5.31. The van der Waals surface area contributed by atoms with Crippen molar-refractivity contribution in [3.63, 3.8) is 0 Å². The van der Waals surface area contributed by atoms with Crippen LogP contribution in [0.15, 0.2) is 53.3 Å². The molecule has 1 amide bonds. The van der Waals surface area contributed by atoms with Crippen molar-refractivity contribution in [2.75, 3.05) is 7.11 Å². The molecule has 0 saturated heterocycles. The Balaban J connectivity index is 1.63. The van der Waals surface area contributed by atoms with Gasteiger partial charge in [0, 0.05) is 18.9 Å². The second-order valence-electron chi connectivity index (χ2n) is 6.05. The van der Waals surface area contributed by atoms with Crippen molar-refractivity contribution in [2.24, 2.45) is 7.05 Å². The number of methoxy groups -OCH3 is 1. The number of aryl methyl sites for hydroxylation is 2. The van der Waals surface area contributed by atoms with Crippen LogP contribution in [-0.4, -0.2) is 22.8 Å². The van der Waals surface area contributed by atoms with Gasteiger partial charge in [-0.25, -0.2) is 4.68 Å². The third-order valence-electron chi connectivity index (χ3n) is 4.29. The highest BCUT2D eigenvalue weighted by molar-refractivity contribution is 5.84. The fourth-order valence-electron chi connectivity index (χ4n) is 2.83. The maximum absolute atomic E-state index is 12.2. The highest BCUT2D eigenvalue weighted by Crippen LogP contribution is 2.14. The Hall–Kier alpha value is -3.15. The number of amides is 1. The summed E-state index contributed by atoms with van der Waals surface area (Å²) in [5, 5.41) is 8.55. The summed E-state index contributed by atoms with van der Waals surface area (Å²) in [6.45, 7) is 0.288. The Morgan fingerprint density at radius 2 is 1.81 bits per heavy atom. The topological polar surface area (TPSA) is 73.2 Å². The number of hydrogen-bond acceptors (Lipinski definition) is 4. The highest BCUT2D eigenvalue weighted by atomic mass is 16.5. The first-order valence-electron chi connectivity index (χ1n) is 8.43. The van der Waals surface area contributed by atoms with Crippen LogP contribution in [0, 0.1) is 0 Å². The van der Waals surface area contributed by atoms with E-state index in [1.165, 1.54) is 4.68 Å². The second kappa shape index (κ2) is 7.82. The third kappa shape index (κ3) is 3.91. The van der Waals surface area contributed by atoms with Crippen molar-refractivity contribution >= 4 is 16.7 Å². The summed E-state index contributed by atoms with van der Waals surface area (Å²) in [5.74, 6) is 0.742. The van der Waals surface area contributed by atoms with Gasteiger partial charge in [-0.3, -0.25) is 9.59 Å². The van der Waals surface area contributed by atoms with Crippen molar-refractivity contribution in [1.29, 1.82) is 0 Å². The number of aromatic nitrogens is 2. The monoisotopic (exact) mass is 351 g/mol. The van der Waals surface area contributed by atoms with Gasteiger partial charge in [0.25, 0.3) is 5.56 Å². The van der Waals surface area contributed by atoms with E-state index in [9.17, 15) is 9.59 Å². The van der Waals surface area contributed by atoms with E-state index in [4.69, 9.17) is 4.74 Å². The summed E-state index contributed by atoms with van der Waals surface area (Å²) in [6, 6.07) is 15.0. The van der Waals surface area contributed by atoms with Crippen LogP contribution in [0.3, 0.4) is 0 Å². The lowest BCUT2D eigenvalue weighted by atomic mass is 10.1. The summed E-state index contributed by atoms with van der Waals surface area (Å²) >= 11 is 0. The second-order valence-corrected chi connectivity index (χ2v) is 6.05. The molecular weight excluding hydrogens is 330 g/mol. The number of ether oxygens (including phenoxy) is 1. The van der Waals surface area contributed by atoms with Gasteiger partial charge in [0.2, 0.25) is 5.91 Å². The summed E-state index contributed by atoms with van der Waals surface area (Å²) in [5.41, 5.74) is 1.61. The van der Waals surface area contributed by atoms with Crippen LogP contribution >= 0.6 is 0 Å². The van der Waals surface area contributed by atoms with Crippen LogP contribution in [0.4, 0.5) is 0 Å². The molecule has 0 atom stereocenters. The van der Waals surface area contributed by atoms with Gasteiger partial charge >= 0.3 is 0 Å². The minimum absolute atomic E-state index is 0.0550. The van der Waals surface area contributed by atoms with Crippen LogP contribution in [0.1, 0.15) is 17.7 Å². The maximum atomic E-state index is 12.2. The third-order valence-corrected chi connectivity index (χ3v) is 4.29. The number of nitrogens with zero attached hydrogens (tertiary/aromatic N) is 2. The lowest BCUT2D eigenvalue weighted by molar-refractivity contribution is -0.121. The lowest BCUT2D eigenvalue weighted by Crippen LogP contribution is -2.27. The van der Waals surface area contributed by atoms with E-state index in [1.807, 2.05) is 42.5 Å². The molecule has 0 aliphatic carbocycles. The predicted molar refractivity (Wildman–Crippen MR) is 100 cm³/mol. The summed E-state index contributed by atoms with van der Waals surface area (Å²) < 4.78 is 6.43. The van der Waals surface area contributed by atoms with Gasteiger partial charge in [-0.15, -0.1) is 0 Å². The fourth-order valence-corrected chi connectivity index (χ4v) is 2.83. The smallest absolute Gasteiger partial charge is 0.274 e. The summed E-state index contributed by atoms with van der Waals surface area (Å²) in [7, 11) is 3.24. The minimum atomic E-state index is -0.143. The molecule has 0 bridgehead atoms. The number of nitrogens with one attached hydrogen (secondary N) is 1. The molecule has 0 saturated carbocycles. The molecule has 0 aliphatic rings. The number of rotatable bonds is 6. The van der Waals surface area contributed by atoms with Crippen LogP contribution in [0.2, 0.25) is 0 Å². The largest absolute Gasteiger partial charge is 0.497 e. The Morgan fingerprint density at radius 3 is 2.50 bits per heavy atom. The Morgan fingerprint density at radius 1 is 1.12 bits per heavy atom. The Labute approximate surface area is 151 Å². The summed E-state index contributed by atoms with van der Waals surface area (Å²) in [6.07, 6.45) is 1.04. The van der Waals surface area contributed by atoms with Gasteiger partial charge in [0.1, 0.15) is 5.75 Å². The van der Waals surface area contributed by atoms with Gasteiger partial charge in [-0.2, -0.15) is 5.10 Å². The Bertz CT molecular complexity index is 978. The van der Waals surface area contributed by atoms with E-state index in [0.717, 1.165) is 16.7 Å². The van der Waals surface area contributed by atoms with Crippen LogP contribution in [0.5, 0.6) is 5.75 Å². The maximum Gasteiger partial charge on any atom is 0.274 e. The molecule has 0 unspecified atom stereocenters. The first-order valence-corrected chi connectivity index (χ1v) is 8.43. The SMILES string of the molecule is COc1ccc(CCC(=O)NCc2nn(C)c(=O)c3ccccc23)cc1. The van der Waals surface area contributed by atoms with Gasteiger partial charge in [0.15, 0.2) is 0 Å². The number of carbonyl (C=O) groups excluding carboxylic acids is 1. The molecule has 2 aromatic carbocycles. The lowest BCUT2D eigenvalue weighted by Gasteiger charge is -2.09. The molecule has 1 N–H and O–H groups in total. The molecule has 134 valence electrons. The number of benzene rings is 2. The summed E-state index contributed by atoms with van der Waals surface area (Å²) in [4.78, 5) is 24.3. The molecule has 1 aromatic heterocycles. The van der Waals surface area contributed by atoms with Crippen molar-refractivity contribution < 1.29 is 9.53 Å². The number of fused-ring (bicyclic) bond motifs is 1. The van der Waals surface area contributed by atoms with E-state index < -0.39 is 0 Å². The first kappa shape index (κ1) is 17.7. The van der Waals surface area contributed by atoms with Crippen LogP contribution < -0.4 is 15.6 Å². The van der Waals surface area contributed by atoms with Crippen molar-refractivity contribution in [1.82, 2.24) is 15.1 Å². The molecule has 0 aliphatic heterocycles. The average molecular weight is 351 g/mol.